The number of carbonyl (C=O) groups is 1. The molecule has 0 aliphatic rings. The number of anilines is 1. The predicted molar refractivity (Wildman–Crippen MR) is 129 cm³/mol. The van der Waals surface area contributed by atoms with Gasteiger partial charge in [-0.15, -0.1) is 0 Å². The third-order valence-electron chi connectivity index (χ3n) is 5.71. The first-order chi connectivity index (χ1) is 14.3. The molecule has 170 valence electrons. The lowest BCUT2D eigenvalue weighted by Gasteiger charge is -2.31. The highest BCUT2D eigenvalue weighted by Crippen LogP contribution is 2.27. The van der Waals surface area contributed by atoms with Gasteiger partial charge in [0.25, 0.3) is 0 Å². The Balaban J connectivity index is 2.30. The minimum Gasteiger partial charge on any atom is -0.348 e. The van der Waals surface area contributed by atoms with Crippen LogP contribution in [0, 0.1) is 13.8 Å². The van der Waals surface area contributed by atoms with Crippen LogP contribution in [-0.2, 0) is 20.2 Å². The highest BCUT2D eigenvalue weighted by atomic mass is 32.2. The lowest BCUT2D eigenvalue weighted by Crippen LogP contribution is -2.49. The van der Waals surface area contributed by atoms with Crippen molar-refractivity contribution >= 4 is 21.6 Å². The second-order valence-corrected chi connectivity index (χ2v) is 11.2. The van der Waals surface area contributed by atoms with Gasteiger partial charge in [0.15, 0.2) is 0 Å². The molecule has 0 aliphatic heterocycles. The summed E-state index contributed by atoms with van der Waals surface area (Å²) in [7, 11) is -3.65. The number of benzene rings is 2. The van der Waals surface area contributed by atoms with E-state index in [0.29, 0.717) is 12.1 Å². The number of rotatable bonds is 7. The second kappa shape index (κ2) is 9.43. The van der Waals surface area contributed by atoms with Crippen molar-refractivity contribution in [1.29, 1.82) is 0 Å². The Hall–Kier alpha value is -2.34. The quantitative estimate of drug-likeness (QED) is 0.652. The van der Waals surface area contributed by atoms with Gasteiger partial charge < -0.3 is 5.32 Å². The highest BCUT2D eigenvalue weighted by Gasteiger charge is 2.32. The molecule has 0 unspecified atom stereocenters. The lowest BCUT2D eigenvalue weighted by atomic mass is 9.86. The van der Waals surface area contributed by atoms with Crippen LogP contribution in [0.1, 0.15) is 69.3 Å². The smallest absolute Gasteiger partial charge is 0.244 e. The zero-order chi connectivity index (χ0) is 23.6. The van der Waals surface area contributed by atoms with E-state index in [1.54, 1.807) is 6.07 Å². The molecule has 0 bridgehead atoms. The molecular formula is C25H36N2O3S. The van der Waals surface area contributed by atoms with Crippen LogP contribution in [0.4, 0.5) is 5.69 Å². The Morgan fingerprint density at radius 2 is 1.61 bits per heavy atom. The summed E-state index contributed by atoms with van der Waals surface area (Å²) in [6.45, 7) is 14.1. The summed E-state index contributed by atoms with van der Waals surface area (Å²) in [6, 6.07) is 12.6. The van der Waals surface area contributed by atoms with Gasteiger partial charge in [-0.1, -0.05) is 58.0 Å². The van der Waals surface area contributed by atoms with Gasteiger partial charge in [0, 0.05) is 0 Å². The van der Waals surface area contributed by atoms with E-state index >= 15 is 0 Å². The van der Waals surface area contributed by atoms with Crippen LogP contribution < -0.4 is 9.62 Å². The summed E-state index contributed by atoms with van der Waals surface area (Å²) in [5.41, 5.74) is 4.82. The summed E-state index contributed by atoms with van der Waals surface area (Å²) < 4.78 is 26.6. The average molecular weight is 445 g/mol. The third-order valence-corrected chi connectivity index (χ3v) is 6.89. The van der Waals surface area contributed by atoms with E-state index in [0.717, 1.165) is 22.9 Å². The van der Waals surface area contributed by atoms with Gasteiger partial charge in [0.2, 0.25) is 15.9 Å². The van der Waals surface area contributed by atoms with Crippen molar-refractivity contribution in [3.05, 3.63) is 64.7 Å². The van der Waals surface area contributed by atoms with Crippen molar-refractivity contribution in [3.63, 3.8) is 0 Å². The fourth-order valence-electron chi connectivity index (χ4n) is 3.59. The van der Waals surface area contributed by atoms with Gasteiger partial charge in [0.1, 0.15) is 6.04 Å². The zero-order valence-electron chi connectivity index (χ0n) is 20.0. The molecule has 2 aromatic carbocycles. The molecule has 1 amide bonds. The topological polar surface area (TPSA) is 66.5 Å². The Labute approximate surface area is 187 Å². The molecule has 0 radical (unpaired) electrons. The molecule has 5 nitrogen and oxygen atoms in total. The number of sulfonamides is 1. The highest BCUT2D eigenvalue weighted by molar-refractivity contribution is 7.92. The fourth-order valence-corrected chi connectivity index (χ4v) is 4.79. The second-order valence-electron chi connectivity index (χ2n) is 9.35. The zero-order valence-corrected chi connectivity index (χ0v) is 20.8. The number of hydrogen-bond donors (Lipinski definition) is 1. The molecule has 0 saturated carbocycles. The minimum atomic E-state index is -3.65. The molecule has 31 heavy (non-hydrogen) atoms. The number of nitrogens with one attached hydrogen (secondary N) is 1. The molecule has 6 heteroatoms. The number of hydrogen-bond acceptors (Lipinski definition) is 3. The first kappa shape index (κ1) is 24.9. The molecule has 0 spiro atoms. The minimum absolute atomic E-state index is 0.0560. The molecule has 1 N–H and O–H groups in total. The largest absolute Gasteiger partial charge is 0.348 e. The monoisotopic (exact) mass is 444 g/mol. The third kappa shape index (κ3) is 6.10. The van der Waals surface area contributed by atoms with Crippen molar-refractivity contribution in [2.24, 2.45) is 0 Å². The number of aryl methyl sites for hydroxylation is 2. The summed E-state index contributed by atoms with van der Waals surface area (Å²) >= 11 is 0. The summed E-state index contributed by atoms with van der Waals surface area (Å²) in [6.07, 6.45) is 1.51. The molecule has 0 aliphatic carbocycles. The Morgan fingerprint density at radius 1 is 1.03 bits per heavy atom. The maximum atomic E-state index is 13.2. The van der Waals surface area contributed by atoms with Crippen LogP contribution in [0.3, 0.4) is 0 Å². The van der Waals surface area contributed by atoms with Gasteiger partial charge in [-0.05, 0) is 67.0 Å². The van der Waals surface area contributed by atoms with E-state index in [-0.39, 0.29) is 17.4 Å². The van der Waals surface area contributed by atoms with Crippen LogP contribution in [0.5, 0.6) is 0 Å². The summed E-state index contributed by atoms with van der Waals surface area (Å²) in [4.78, 5) is 13.2. The van der Waals surface area contributed by atoms with Gasteiger partial charge in [-0.2, -0.15) is 0 Å². The average Bonchev–Trinajstić information content (AvgIpc) is 2.66. The molecule has 0 heterocycles. The van der Waals surface area contributed by atoms with Gasteiger partial charge >= 0.3 is 0 Å². The SMILES string of the molecule is CC[C@@H](C(=O)N[C@@H](C)c1ccc(C(C)(C)C)cc1)N(c1ccc(C)c(C)c1)S(C)(=O)=O. The first-order valence-corrected chi connectivity index (χ1v) is 12.6. The van der Waals surface area contributed by atoms with E-state index in [1.165, 1.54) is 9.87 Å². The van der Waals surface area contributed by atoms with Crippen molar-refractivity contribution in [1.82, 2.24) is 5.32 Å². The maximum Gasteiger partial charge on any atom is 0.244 e. The summed E-state index contributed by atoms with van der Waals surface area (Å²) in [5.74, 6) is -0.307. The predicted octanol–water partition coefficient (Wildman–Crippen LogP) is 5.02. The van der Waals surface area contributed by atoms with Crippen molar-refractivity contribution < 1.29 is 13.2 Å². The Kier molecular flexibility index (Phi) is 7.58. The summed E-state index contributed by atoms with van der Waals surface area (Å²) in [5, 5.41) is 3.01. The first-order valence-electron chi connectivity index (χ1n) is 10.7. The molecule has 2 aromatic rings. The van der Waals surface area contributed by atoms with Crippen molar-refractivity contribution in [2.75, 3.05) is 10.6 Å². The molecule has 2 rings (SSSR count). The van der Waals surface area contributed by atoms with E-state index in [1.807, 2.05) is 52.0 Å². The van der Waals surface area contributed by atoms with E-state index < -0.39 is 16.1 Å². The number of amides is 1. The number of nitrogens with zero attached hydrogens (tertiary/aromatic N) is 1. The van der Waals surface area contributed by atoms with Crippen LogP contribution >= 0.6 is 0 Å². The Bertz CT molecular complexity index is 1020. The van der Waals surface area contributed by atoms with E-state index in [4.69, 9.17) is 0 Å². The van der Waals surface area contributed by atoms with Gasteiger partial charge in [-0.25, -0.2) is 8.42 Å². The van der Waals surface area contributed by atoms with Crippen LogP contribution in [0.15, 0.2) is 42.5 Å². The van der Waals surface area contributed by atoms with Gasteiger partial charge in [0.05, 0.1) is 18.0 Å². The molecular weight excluding hydrogens is 408 g/mol. The standard InChI is InChI=1S/C25H36N2O3S/c1-9-23(27(31(8,29)30)22-15-10-17(2)18(3)16-22)24(28)26-19(4)20-11-13-21(14-12-20)25(5,6)7/h10-16,19,23H,9H2,1-8H3,(H,26,28)/t19-,23-/m0/s1. The van der Waals surface area contributed by atoms with Crippen LogP contribution in [-0.4, -0.2) is 26.6 Å². The van der Waals surface area contributed by atoms with Crippen molar-refractivity contribution in [2.45, 2.75) is 72.4 Å². The fraction of sp³-hybridized carbons (Fsp3) is 0.480. The maximum absolute atomic E-state index is 13.2. The molecule has 0 fully saturated rings. The molecule has 2 atom stereocenters. The van der Waals surface area contributed by atoms with Crippen molar-refractivity contribution in [3.8, 4) is 0 Å². The number of carbonyl (C=O) groups excluding carboxylic acids is 1. The Morgan fingerprint density at radius 3 is 2.06 bits per heavy atom. The van der Waals surface area contributed by atoms with E-state index in [2.05, 4.69) is 38.2 Å². The van der Waals surface area contributed by atoms with Crippen LogP contribution in [0.25, 0.3) is 0 Å². The normalized spacial score (nSPS) is 14.1. The lowest BCUT2D eigenvalue weighted by molar-refractivity contribution is -0.122. The van der Waals surface area contributed by atoms with Gasteiger partial charge in [-0.3, -0.25) is 9.10 Å². The molecule has 0 aromatic heterocycles. The van der Waals surface area contributed by atoms with E-state index in [9.17, 15) is 13.2 Å². The molecule has 0 saturated heterocycles. The van der Waals surface area contributed by atoms with Crippen LogP contribution in [0.2, 0.25) is 0 Å².